The number of methoxy groups -OCH3 is 1. The van der Waals surface area contributed by atoms with E-state index in [1.165, 1.54) is 13.2 Å². The van der Waals surface area contributed by atoms with Crippen molar-refractivity contribution in [2.45, 2.75) is 6.92 Å². The Balaban J connectivity index is 1.49. The first kappa shape index (κ1) is 18.2. The number of rotatable bonds is 4. The predicted octanol–water partition coefficient (Wildman–Crippen LogP) is 3.32. The summed E-state index contributed by atoms with van der Waals surface area (Å²) in [5.74, 6) is 1.52. The zero-order chi connectivity index (χ0) is 19.5. The second kappa shape index (κ2) is 7.80. The number of ether oxygens (including phenoxy) is 1. The average molecular weight is 379 g/mol. The molecule has 0 unspecified atom stereocenters. The first-order chi connectivity index (χ1) is 13.6. The van der Waals surface area contributed by atoms with Crippen LogP contribution in [0, 0.1) is 12.7 Å². The van der Waals surface area contributed by atoms with Crippen LogP contribution in [0.25, 0.3) is 11.4 Å². The van der Waals surface area contributed by atoms with Gasteiger partial charge in [0.1, 0.15) is 5.82 Å². The molecule has 0 bridgehead atoms. The third-order valence-corrected chi connectivity index (χ3v) is 4.86. The van der Waals surface area contributed by atoms with Crippen molar-refractivity contribution >= 4 is 11.5 Å². The van der Waals surface area contributed by atoms with E-state index in [2.05, 4.69) is 19.8 Å². The SMILES string of the molecule is COc1ccc(N2CCN(c3cc(C)nc(-c4cccnc4)n3)CC2)cc1F. The summed E-state index contributed by atoms with van der Waals surface area (Å²) >= 11 is 0. The molecule has 1 aliphatic rings. The Kier molecular flexibility index (Phi) is 5.06. The Morgan fingerprint density at radius 2 is 1.79 bits per heavy atom. The molecule has 1 aromatic carbocycles. The highest BCUT2D eigenvalue weighted by Crippen LogP contribution is 2.26. The number of nitrogens with zero attached hydrogens (tertiary/aromatic N) is 5. The van der Waals surface area contributed by atoms with Crippen LogP contribution in [0.5, 0.6) is 5.75 Å². The van der Waals surface area contributed by atoms with E-state index < -0.39 is 0 Å². The third kappa shape index (κ3) is 3.74. The lowest BCUT2D eigenvalue weighted by Gasteiger charge is -2.37. The lowest BCUT2D eigenvalue weighted by molar-refractivity contribution is 0.386. The van der Waals surface area contributed by atoms with Crippen LogP contribution in [0.1, 0.15) is 5.69 Å². The Morgan fingerprint density at radius 3 is 2.46 bits per heavy atom. The molecular weight excluding hydrogens is 357 g/mol. The number of halogens is 1. The van der Waals surface area contributed by atoms with Gasteiger partial charge < -0.3 is 14.5 Å². The molecule has 1 saturated heterocycles. The molecule has 6 nitrogen and oxygen atoms in total. The van der Waals surface area contributed by atoms with E-state index in [1.807, 2.05) is 31.2 Å². The Labute approximate surface area is 163 Å². The van der Waals surface area contributed by atoms with Gasteiger partial charge >= 0.3 is 0 Å². The highest BCUT2D eigenvalue weighted by Gasteiger charge is 2.20. The van der Waals surface area contributed by atoms with Crippen LogP contribution in [0.4, 0.5) is 15.9 Å². The van der Waals surface area contributed by atoms with Crippen molar-refractivity contribution in [3.8, 4) is 17.1 Å². The molecular formula is C21H22FN5O. The van der Waals surface area contributed by atoms with Crippen molar-refractivity contribution < 1.29 is 9.13 Å². The fraction of sp³-hybridized carbons (Fsp3) is 0.286. The zero-order valence-electron chi connectivity index (χ0n) is 16.0. The second-order valence-corrected chi connectivity index (χ2v) is 6.73. The van der Waals surface area contributed by atoms with Gasteiger partial charge in [0, 0.05) is 67.7 Å². The summed E-state index contributed by atoms with van der Waals surface area (Å²) < 4.78 is 19.0. The Morgan fingerprint density at radius 1 is 1.00 bits per heavy atom. The summed E-state index contributed by atoms with van der Waals surface area (Å²) in [6.45, 7) is 5.16. The van der Waals surface area contributed by atoms with Gasteiger partial charge in [-0.05, 0) is 31.2 Å². The molecule has 0 amide bonds. The van der Waals surface area contributed by atoms with E-state index in [0.717, 1.165) is 48.9 Å². The normalized spacial score (nSPS) is 14.2. The Bertz CT molecular complexity index is 958. The third-order valence-electron chi connectivity index (χ3n) is 4.86. The summed E-state index contributed by atoms with van der Waals surface area (Å²) in [5, 5.41) is 0. The van der Waals surface area contributed by atoms with E-state index in [0.29, 0.717) is 5.82 Å². The minimum Gasteiger partial charge on any atom is -0.494 e. The maximum atomic E-state index is 14.0. The molecule has 0 aliphatic carbocycles. The lowest BCUT2D eigenvalue weighted by atomic mass is 10.2. The molecule has 0 saturated carbocycles. The summed E-state index contributed by atoms with van der Waals surface area (Å²) in [7, 11) is 1.47. The largest absolute Gasteiger partial charge is 0.494 e. The minimum atomic E-state index is -0.338. The molecule has 0 N–H and O–H groups in total. The van der Waals surface area contributed by atoms with E-state index in [9.17, 15) is 4.39 Å². The van der Waals surface area contributed by atoms with Crippen LogP contribution < -0.4 is 14.5 Å². The number of aromatic nitrogens is 3. The van der Waals surface area contributed by atoms with E-state index in [-0.39, 0.29) is 11.6 Å². The van der Waals surface area contributed by atoms with Crippen LogP contribution in [-0.4, -0.2) is 48.2 Å². The second-order valence-electron chi connectivity index (χ2n) is 6.73. The minimum absolute atomic E-state index is 0.266. The summed E-state index contributed by atoms with van der Waals surface area (Å²) in [4.78, 5) is 17.9. The van der Waals surface area contributed by atoms with Crippen molar-refractivity contribution in [1.29, 1.82) is 0 Å². The van der Waals surface area contributed by atoms with E-state index in [4.69, 9.17) is 9.72 Å². The van der Waals surface area contributed by atoms with Gasteiger partial charge in [-0.2, -0.15) is 0 Å². The standard InChI is InChI=1S/C21H22FN5O/c1-15-12-20(25-21(24-15)16-4-3-7-23-14-16)27-10-8-26(9-11-27)17-5-6-19(28-2)18(22)13-17/h3-7,12-14H,8-11H2,1-2H3. The van der Waals surface area contributed by atoms with E-state index in [1.54, 1.807) is 18.5 Å². The predicted molar refractivity (Wildman–Crippen MR) is 107 cm³/mol. The first-order valence-corrected chi connectivity index (χ1v) is 9.23. The van der Waals surface area contributed by atoms with Crippen molar-refractivity contribution in [3.63, 3.8) is 0 Å². The highest BCUT2D eigenvalue weighted by molar-refractivity contribution is 5.57. The maximum Gasteiger partial charge on any atom is 0.167 e. The summed E-state index contributed by atoms with van der Waals surface area (Å²) in [5.41, 5.74) is 2.69. The molecule has 0 spiro atoms. The molecule has 28 heavy (non-hydrogen) atoms. The summed E-state index contributed by atoms with van der Waals surface area (Å²) in [6, 6.07) is 10.9. The van der Waals surface area contributed by atoms with Crippen molar-refractivity contribution in [2.75, 3.05) is 43.1 Å². The summed E-state index contributed by atoms with van der Waals surface area (Å²) in [6.07, 6.45) is 3.51. The van der Waals surface area contributed by atoms with Gasteiger partial charge in [0.25, 0.3) is 0 Å². The van der Waals surface area contributed by atoms with Gasteiger partial charge in [-0.25, -0.2) is 14.4 Å². The van der Waals surface area contributed by atoms with Crippen molar-refractivity contribution in [1.82, 2.24) is 15.0 Å². The van der Waals surface area contributed by atoms with Crippen molar-refractivity contribution in [3.05, 3.63) is 60.3 Å². The molecule has 7 heteroatoms. The number of pyridine rings is 1. The molecule has 0 atom stereocenters. The van der Waals surface area contributed by atoms with Crippen LogP contribution in [-0.2, 0) is 0 Å². The topological polar surface area (TPSA) is 54.4 Å². The first-order valence-electron chi connectivity index (χ1n) is 9.23. The van der Waals surface area contributed by atoms with Gasteiger partial charge in [0.2, 0.25) is 0 Å². The molecule has 144 valence electrons. The van der Waals surface area contributed by atoms with Gasteiger partial charge in [0.15, 0.2) is 17.4 Å². The van der Waals surface area contributed by atoms with Gasteiger partial charge in [-0.1, -0.05) is 0 Å². The highest BCUT2D eigenvalue weighted by atomic mass is 19.1. The lowest BCUT2D eigenvalue weighted by Crippen LogP contribution is -2.47. The molecule has 3 heterocycles. The van der Waals surface area contributed by atoms with Crippen LogP contribution >= 0.6 is 0 Å². The van der Waals surface area contributed by atoms with Crippen LogP contribution in [0.15, 0.2) is 48.8 Å². The van der Waals surface area contributed by atoms with Gasteiger partial charge in [-0.3, -0.25) is 4.98 Å². The van der Waals surface area contributed by atoms with Gasteiger partial charge in [0.05, 0.1) is 7.11 Å². The molecule has 4 rings (SSSR count). The van der Waals surface area contributed by atoms with Crippen LogP contribution in [0.2, 0.25) is 0 Å². The zero-order valence-corrected chi connectivity index (χ0v) is 16.0. The fourth-order valence-electron chi connectivity index (χ4n) is 3.38. The smallest absolute Gasteiger partial charge is 0.167 e. The van der Waals surface area contributed by atoms with E-state index >= 15 is 0 Å². The maximum absolute atomic E-state index is 14.0. The average Bonchev–Trinajstić information content (AvgIpc) is 2.74. The number of piperazine rings is 1. The number of anilines is 2. The monoisotopic (exact) mass is 379 g/mol. The van der Waals surface area contributed by atoms with Crippen molar-refractivity contribution in [2.24, 2.45) is 0 Å². The molecule has 2 aromatic heterocycles. The number of hydrogen-bond acceptors (Lipinski definition) is 6. The van der Waals surface area contributed by atoms with Gasteiger partial charge in [-0.15, -0.1) is 0 Å². The number of aryl methyl sites for hydroxylation is 1. The molecule has 1 aliphatic heterocycles. The molecule has 3 aromatic rings. The Hall–Kier alpha value is -3.22. The number of hydrogen-bond donors (Lipinski definition) is 0. The quantitative estimate of drug-likeness (QED) is 0.693. The number of benzene rings is 1. The van der Waals surface area contributed by atoms with Crippen LogP contribution in [0.3, 0.4) is 0 Å². The molecule has 1 fully saturated rings. The fourth-order valence-corrected chi connectivity index (χ4v) is 3.38. The molecule has 0 radical (unpaired) electrons.